The number of aromatic amines is 1. The number of nitrogens with one attached hydrogen (secondary N) is 1. The van der Waals surface area contributed by atoms with Crippen LogP contribution in [0.2, 0.25) is 0 Å². The number of hydrogen-bond acceptors (Lipinski definition) is 5. The van der Waals surface area contributed by atoms with Gasteiger partial charge < -0.3 is 10.1 Å². The molecule has 0 aliphatic heterocycles. The molecular weight excluding hydrogens is 568 g/mol. The number of azo groups is 1. The van der Waals surface area contributed by atoms with Crippen LogP contribution in [0.3, 0.4) is 0 Å². The first-order chi connectivity index (χ1) is 15.9. The number of aromatic hydroxyl groups is 1. The van der Waals surface area contributed by atoms with Gasteiger partial charge in [-0.3, -0.25) is 9.36 Å². The highest BCUT2D eigenvalue weighted by Crippen LogP contribution is 2.32. The van der Waals surface area contributed by atoms with Gasteiger partial charge in [0.05, 0.1) is 28.0 Å². The Morgan fingerprint density at radius 1 is 0.879 bits per heavy atom. The topological polar surface area (TPSA) is 82.7 Å². The van der Waals surface area contributed by atoms with E-state index in [-0.39, 0.29) is 11.3 Å². The van der Waals surface area contributed by atoms with Crippen molar-refractivity contribution >= 4 is 77.1 Å². The Hall–Kier alpha value is -3.14. The maximum Gasteiger partial charge on any atom is 0.266 e. The molecule has 33 heavy (non-hydrogen) atoms. The van der Waals surface area contributed by atoms with Crippen LogP contribution in [0, 0.1) is 4.77 Å². The van der Waals surface area contributed by atoms with E-state index in [1.165, 1.54) is 4.57 Å². The first-order valence-corrected chi connectivity index (χ1v) is 11.8. The van der Waals surface area contributed by atoms with Crippen molar-refractivity contribution in [3.05, 3.63) is 96.9 Å². The summed E-state index contributed by atoms with van der Waals surface area (Å²) >= 11 is 12.4. The Labute approximate surface area is 209 Å². The zero-order valence-electron chi connectivity index (χ0n) is 16.8. The van der Waals surface area contributed by atoms with E-state index in [2.05, 4.69) is 47.1 Å². The number of phenolic OH excluding ortho intramolecular Hbond substituents is 1. The van der Waals surface area contributed by atoms with E-state index in [1.54, 1.807) is 42.5 Å². The summed E-state index contributed by atoms with van der Waals surface area (Å²) in [5, 5.41) is 20.7. The minimum atomic E-state index is -0.222. The molecule has 0 bridgehead atoms. The van der Waals surface area contributed by atoms with E-state index in [0.29, 0.717) is 38.1 Å². The number of fused-ring (bicyclic) bond motifs is 2. The molecule has 162 valence electrons. The Bertz CT molecular complexity index is 1690. The fourth-order valence-corrected chi connectivity index (χ4v) is 5.24. The Balaban J connectivity index is 1.53. The van der Waals surface area contributed by atoms with Crippen LogP contribution in [0.25, 0.3) is 27.4 Å². The number of rotatable bonds is 3. The molecule has 0 aliphatic carbocycles. The van der Waals surface area contributed by atoms with Crippen molar-refractivity contribution in [2.75, 3.05) is 0 Å². The number of hydrogen-bond donors (Lipinski definition) is 2. The van der Waals surface area contributed by atoms with Crippen LogP contribution in [-0.4, -0.2) is 14.7 Å². The monoisotopic (exact) mass is 580 g/mol. The van der Waals surface area contributed by atoms with E-state index >= 15 is 0 Å². The van der Waals surface area contributed by atoms with E-state index in [4.69, 9.17) is 12.2 Å². The number of phenols is 1. The van der Waals surface area contributed by atoms with Gasteiger partial charge in [0, 0.05) is 19.7 Å². The van der Waals surface area contributed by atoms with Gasteiger partial charge in [-0.2, -0.15) is 5.11 Å². The molecule has 0 radical (unpaired) electrons. The highest BCUT2D eigenvalue weighted by molar-refractivity contribution is 9.11. The minimum Gasteiger partial charge on any atom is -0.507 e. The summed E-state index contributed by atoms with van der Waals surface area (Å²) < 4.78 is 3.28. The molecule has 0 aliphatic rings. The molecular formula is C24H14Br2N4O2S. The third-order valence-electron chi connectivity index (χ3n) is 5.18. The van der Waals surface area contributed by atoms with Crippen LogP contribution in [0.15, 0.2) is 96.8 Å². The lowest BCUT2D eigenvalue weighted by Crippen LogP contribution is -2.20. The molecule has 9 heteroatoms. The number of halogens is 2. The number of benzene rings is 4. The number of nitrogens with zero attached hydrogens (tertiary/aromatic N) is 3. The van der Waals surface area contributed by atoms with Crippen LogP contribution >= 0.6 is 44.1 Å². The van der Waals surface area contributed by atoms with Gasteiger partial charge >= 0.3 is 0 Å². The molecule has 0 fully saturated rings. The van der Waals surface area contributed by atoms with Crippen molar-refractivity contribution in [2.24, 2.45) is 10.2 Å². The van der Waals surface area contributed by atoms with Crippen LogP contribution in [-0.2, 0) is 0 Å². The lowest BCUT2D eigenvalue weighted by atomic mass is 10.1. The molecule has 0 spiro atoms. The van der Waals surface area contributed by atoms with Crippen molar-refractivity contribution < 1.29 is 5.11 Å². The average Bonchev–Trinajstić information content (AvgIpc) is 2.80. The van der Waals surface area contributed by atoms with Crippen molar-refractivity contribution in [3.8, 4) is 11.4 Å². The van der Waals surface area contributed by atoms with Crippen molar-refractivity contribution in [1.82, 2.24) is 9.55 Å². The first-order valence-electron chi connectivity index (χ1n) is 9.79. The van der Waals surface area contributed by atoms with E-state index in [1.807, 2.05) is 30.3 Å². The molecule has 0 unspecified atom stereocenters. The summed E-state index contributed by atoms with van der Waals surface area (Å²) in [7, 11) is 0. The molecule has 0 saturated heterocycles. The highest BCUT2D eigenvalue weighted by Gasteiger charge is 2.11. The van der Waals surface area contributed by atoms with E-state index in [9.17, 15) is 9.90 Å². The van der Waals surface area contributed by atoms with Crippen molar-refractivity contribution in [2.45, 2.75) is 0 Å². The van der Waals surface area contributed by atoms with Gasteiger partial charge in [-0.1, -0.05) is 40.2 Å². The lowest BCUT2D eigenvalue weighted by Gasteiger charge is -2.09. The van der Waals surface area contributed by atoms with Gasteiger partial charge in [0.15, 0.2) is 4.77 Å². The third-order valence-corrected chi connectivity index (χ3v) is 6.55. The van der Waals surface area contributed by atoms with E-state index in [0.717, 1.165) is 14.3 Å². The maximum absolute atomic E-state index is 13.2. The van der Waals surface area contributed by atoms with Gasteiger partial charge in [0.25, 0.3) is 5.56 Å². The summed E-state index contributed by atoms with van der Waals surface area (Å²) in [6.45, 7) is 0. The summed E-state index contributed by atoms with van der Waals surface area (Å²) in [6, 6.07) is 21.5. The van der Waals surface area contributed by atoms with Crippen LogP contribution in [0.5, 0.6) is 5.75 Å². The SMILES string of the molecule is O=c1c2cc(Br)cc(Br)c2[nH]c(=S)n1-c1ccc(N=Nc2cccc3c(O)cccc23)cc1. The zero-order valence-corrected chi connectivity index (χ0v) is 20.8. The highest BCUT2D eigenvalue weighted by atomic mass is 79.9. The molecule has 2 N–H and O–H groups in total. The molecule has 1 aromatic heterocycles. The molecule has 5 aromatic rings. The number of aromatic nitrogens is 2. The molecule has 0 atom stereocenters. The van der Waals surface area contributed by atoms with Gasteiger partial charge in [0.1, 0.15) is 5.75 Å². The normalized spacial score (nSPS) is 11.6. The van der Waals surface area contributed by atoms with Crippen LogP contribution in [0.1, 0.15) is 0 Å². The first kappa shape index (κ1) is 21.7. The predicted molar refractivity (Wildman–Crippen MR) is 140 cm³/mol. The van der Waals surface area contributed by atoms with Gasteiger partial charge in [-0.05, 0) is 76.7 Å². The summed E-state index contributed by atoms with van der Waals surface area (Å²) in [5.74, 6) is 0.199. The molecule has 1 heterocycles. The average molecular weight is 582 g/mol. The Morgan fingerprint density at radius 2 is 1.61 bits per heavy atom. The molecule has 6 nitrogen and oxygen atoms in total. The van der Waals surface area contributed by atoms with Crippen molar-refractivity contribution in [1.29, 1.82) is 0 Å². The molecule has 4 aromatic carbocycles. The second-order valence-electron chi connectivity index (χ2n) is 7.25. The summed E-state index contributed by atoms with van der Waals surface area (Å²) in [5.41, 5.74) is 2.31. The third kappa shape index (κ3) is 4.03. The summed E-state index contributed by atoms with van der Waals surface area (Å²) in [6.07, 6.45) is 0. The molecule has 0 amide bonds. The van der Waals surface area contributed by atoms with Gasteiger partial charge in [-0.15, -0.1) is 5.11 Å². The van der Waals surface area contributed by atoms with Crippen LogP contribution < -0.4 is 5.56 Å². The van der Waals surface area contributed by atoms with E-state index < -0.39 is 0 Å². The fraction of sp³-hybridized carbons (Fsp3) is 0. The summed E-state index contributed by atoms with van der Waals surface area (Å²) in [4.78, 5) is 16.3. The fourth-order valence-electron chi connectivity index (χ4n) is 3.62. The Morgan fingerprint density at radius 3 is 2.39 bits per heavy atom. The zero-order chi connectivity index (χ0) is 23.1. The second kappa shape index (κ2) is 8.66. The Kier molecular flexibility index (Phi) is 5.69. The molecule has 5 rings (SSSR count). The quantitative estimate of drug-likeness (QED) is 0.168. The molecule has 0 saturated carbocycles. The largest absolute Gasteiger partial charge is 0.507 e. The minimum absolute atomic E-state index is 0.199. The standard InChI is InChI=1S/C24H14Br2N4O2S/c25-13-11-18-22(19(26)12-13)27-24(33)30(23(18)32)15-9-7-14(8-10-15)28-29-20-5-1-4-17-16(20)3-2-6-21(17)31/h1-12,31H,(H,27,33). The van der Waals surface area contributed by atoms with Gasteiger partial charge in [-0.25, -0.2) is 0 Å². The number of H-pyrrole nitrogens is 1. The van der Waals surface area contributed by atoms with Crippen LogP contribution in [0.4, 0.5) is 11.4 Å². The smallest absolute Gasteiger partial charge is 0.266 e. The lowest BCUT2D eigenvalue weighted by molar-refractivity contribution is 0.481. The van der Waals surface area contributed by atoms with Crippen molar-refractivity contribution in [3.63, 3.8) is 0 Å². The second-order valence-corrected chi connectivity index (χ2v) is 9.40. The predicted octanol–water partition coefficient (Wildman–Crippen LogP) is 7.85. The maximum atomic E-state index is 13.2. The van der Waals surface area contributed by atoms with Gasteiger partial charge in [0.2, 0.25) is 0 Å².